The number of hydrogen-bond acceptors (Lipinski definition) is 3. The summed E-state index contributed by atoms with van der Waals surface area (Å²) in [7, 11) is 0. The minimum Gasteiger partial charge on any atom is -0.463 e. The Morgan fingerprint density at radius 2 is 1.88 bits per heavy atom. The van der Waals surface area contributed by atoms with Gasteiger partial charge in [0.1, 0.15) is 0 Å². The van der Waals surface area contributed by atoms with E-state index in [9.17, 15) is 9.59 Å². The van der Waals surface area contributed by atoms with Gasteiger partial charge in [-0.05, 0) is 30.2 Å². The molecule has 0 saturated heterocycles. The van der Waals surface area contributed by atoms with Crippen molar-refractivity contribution in [2.24, 2.45) is 0 Å². The monoisotopic (exact) mass is 390 g/mol. The first kappa shape index (κ1) is 18.3. The van der Waals surface area contributed by atoms with E-state index in [-0.39, 0.29) is 12.2 Å². The molecule has 1 atom stereocenters. The van der Waals surface area contributed by atoms with Gasteiger partial charge in [-0.2, -0.15) is 0 Å². The van der Waals surface area contributed by atoms with Crippen LogP contribution in [0, 0.1) is 0 Å². The van der Waals surface area contributed by atoms with Crippen molar-refractivity contribution in [3.63, 3.8) is 0 Å². The van der Waals surface area contributed by atoms with Crippen molar-refractivity contribution in [2.45, 2.75) is 13.0 Å². The summed E-state index contributed by atoms with van der Waals surface area (Å²) in [6, 6.07) is 12.8. The Morgan fingerprint density at radius 1 is 1.15 bits per heavy atom. The molecule has 0 saturated carbocycles. The van der Waals surface area contributed by atoms with Gasteiger partial charge in [0.25, 0.3) is 0 Å². The van der Waals surface area contributed by atoms with Gasteiger partial charge >= 0.3 is 12.0 Å². The Kier molecular flexibility index (Phi) is 5.49. The van der Waals surface area contributed by atoms with Crippen molar-refractivity contribution in [3.05, 3.63) is 75.3 Å². The van der Waals surface area contributed by atoms with Crippen molar-refractivity contribution in [1.29, 1.82) is 0 Å². The number of nitrogens with one attached hydrogen (secondary N) is 2. The lowest BCUT2D eigenvalue weighted by atomic mass is 9.92. The lowest BCUT2D eigenvalue weighted by Gasteiger charge is -2.30. The third-order valence-corrected chi connectivity index (χ3v) is 4.47. The van der Waals surface area contributed by atoms with E-state index in [1.54, 1.807) is 37.3 Å². The zero-order valence-electron chi connectivity index (χ0n) is 13.9. The number of halogens is 2. The first-order valence-electron chi connectivity index (χ1n) is 8.00. The van der Waals surface area contributed by atoms with Crippen LogP contribution in [0.3, 0.4) is 0 Å². The van der Waals surface area contributed by atoms with Crippen LogP contribution in [-0.2, 0) is 9.53 Å². The predicted molar refractivity (Wildman–Crippen MR) is 101 cm³/mol. The molecule has 0 unspecified atom stereocenters. The van der Waals surface area contributed by atoms with E-state index in [0.29, 0.717) is 26.9 Å². The molecule has 0 aromatic heterocycles. The fraction of sp³-hybridized carbons (Fsp3) is 0.158. The van der Waals surface area contributed by atoms with Gasteiger partial charge in [0.2, 0.25) is 0 Å². The number of carbonyl (C=O) groups excluding carboxylic acids is 2. The number of benzene rings is 2. The first-order chi connectivity index (χ1) is 12.5. The highest BCUT2D eigenvalue weighted by molar-refractivity contribution is 6.35. The molecule has 2 N–H and O–H groups in total. The van der Waals surface area contributed by atoms with Crippen LogP contribution in [0.5, 0.6) is 0 Å². The molecule has 0 aliphatic carbocycles. The smallest absolute Gasteiger partial charge is 0.338 e. The Hall–Kier alpha value is -2.50. The molecule has 0 radical (unpaired) electrons. The Morgan fingerprint density at radius 3 is 2.54 bits per heavy atom. The van der Waals surface area contributed by atoms with E-state index in [0.717, 1.165) is 0 Å². The van der Waals surface area contributed by atoms with Gasteiger partial charge in [0.15, 0.2) is 0 Å². The van der Waals surface area contributed by atoms with Crippen LogP contribution in [0.15, 0.2) is 54.1 Å². The molecule has 7 heteroatoms. The van der Waals surface area contributed by atoms with E-state index >= 15 is 0 Å². The molecular weight excluding hydrogens is 375 g/mol. The van der Waals surface area contributed by atoms with E-state index in [1.165, 1.54) is 0 Å². The number of carbonyl (C=O) groups is 2. The second-order valence-corrected chi connectivity index (χ2v) is 6.42. The van der Waals surface area contributed by atoms with Crippen LogP contribution in [0.1, 0.15) is 24.1 Å². The van der Waals surface area contributed by atoms with Gasteiger partial charge in [-0.3, -0.25) is 0 Å². The van der Waals surface area contributed by atoms with E-state index in [4.69, 9.17) is 27.9 Å². The number of hydrogen-bond donors (Lipinski definition) is 2. The van der Waals surface area contributed by atoms with Crippen molar-refractivity contribution in [3.8, 4) is 0 Å². The summed E-state index contributed by atoms with van der Waals surface area (Å²) in [6.07, 6.45) is 0. The topological polar surface area (TPSA) is 67.4 Å². The number of esters is 1. The molecule has 1 heterocycles. The predicted octanol–water partition coefficient (Wildman–Crippen LogP) is 4.32. The number of amides is 2. The maximum absolute atomic E-state index is 12.7. The van der Waals surface area contributed by atoms with Crippen LogP contribution in [0.25, 0.3) is 5.70 Å². The summed E-state index contributed by atoms with van der Waals surface area (Å²) < 4.78 is 5.23. The molecule has 0 spiro atoms. The van der Waals surface area contributed by atoms with Crippen molar-refractivity contribution >= 4 is 40.9 Å². The lowest BCUT2D eigenvalue weighted by Crippen LogP contribution is -2.45. The minimum absolute atomic E-state index is 0.208. The summed E-state index contributed by atoms with van der Waals surface area (Å²) in [5.41, 5.74) is 1.92. The average Bonchev–Trinajstić information content (AvgIpc) is 2.62. The first-order valence-corrected chi connectivity index (χ1v) is 8.76. The van der Waals surface area contributed by atoms with Gasteiger partial charge in [-0.1, -0.05) is 59.6 Å². The van der Waals surface area contributed by atoms with Crippen LogP contribution in [-0.4, -0.2) is 18.6 Å². The zero-order chi connectivity index (χ0) is 18.7. The second kappa shape index (κ2) is 7.81. The second-order valence-electron chi connectivity index (χ2n) is 5.57. The van der Waals surface area contributed by atoms with Crippen LogP contribution < -0.4 is 10.6 Å². The molecule has 3 rings (SSSR count). The van der Waals surface area contributed by atoms with Gasteiger partial charge in [0, 0.05) is 10.0 Å². The molecule has 134 valence electrons. The normalized spacial score (nSPS) is 16.7. The van der Waals surface area contributed by atoms with Gasteiger partial charge < -0.3 is 15.4 Å². The molecule has 26 heavy (non-hydrogen) atoms. The fourth-order valence-electron chi connectivity index (χ4n) is 2.79. The average molecular weight is 391 g/mol. The summed E-state index contributed by atoms with van der Waals surface area (Å²) in [4.78, 5) is 25.0. The zero-order valence-corrected chi connectivity index (χ0v) is 15.4. The maximum Gasteiger partial charge on any atom is 0.338 e. The molecule has 2 aromatic carbocycles. The van der Waals surface area contributed by atoms with Crippen molar-refractivity contribution in [2.75, 3.05) is 6.61 Å². The largest absolute Gasteiger partial charge is 0.463 e. The highest BCUT2D eigenvalue weighted by Gasteiger charge is 2.35. The van der Waals surface area contributed by atoms with Crippen molar-refractivity contribution < 1.29 is 14.3 Å². The van der Waals surface area contributed by atoms with Crippen LogP contribution in [0.2, 0.25) is 10.0 Å². The highest BCUT2D eigenvalue weighted by atomic mass is 35.5. The van der Waals surface area contributed by atoms with Crippen LogP contribution >= 0.6 is 23.2 Å². The molecule has 1 aliphatic heterocycles. The van der Waals surface area contributed by atoms with Gasteiger partial charge in [-0.25, -0.2) is 9.59 Å². The van der Waals surface area contributed by atoms with E-state index in [2.05, 4.69) is 10.6 Å². The third-order valence-electron chi connectivity index (χ3n) is 3.90. The van der Waals surface area contributed by atoms with Gasteiger partial charge in [-0.15, -0.1) is 0 Å². The summed E-state index contributed by atoms with van der Waals surface area (Å²) >= 11 is 12.3. The highest BCUT2D eigenvalue weighted by Crippen LogP contribution is 2.36. The Labute approximate surface area is 160 Å². The molecule has 0 bridgehead atoms. The summed E-state index contributed by atoms with van der Waals surface area (Å²) in [5, 5.41) is 6.27. The lowest BCUT2D eigenvalue weighted by molar-refractivity contribution is -0.138. The third kappa shape index (κ3) is 3.69. The Balaban J connectivity index is 2.20. The standard InChI is InChI=1S/C19H16Cl2N2O3/c1-2-26-18(24)15-16(11-6-4-3-5-7-11)22-19(25)23-17(15)13-9-8-12(20)10-14(13)21/h3-10,17H,2H2,1H3,(H2,22,23,25)/t17-/m0/s1. The maximum atomic E-state index is 12.7. The minimum atomic E-state index is -0.761. The molecule has 1 aliphatic rings. The number of urea groups is 1. The number of rotatable bonds is 4. The summed E-state index contributed by atoms with van der Waals surface area (Å²) in [5.74, 6) is -0.533. The van der Waals surface area contributed by atoms with Gasteiger partial charge in [0.05, 0.1) is 23.9 Å². The van der Waals surface area contributed by atoms with E-state index in [1.807, 2.05) is 18.2 Å². The fourth-order valence-corrected chi connectivity index (χ4v) is 3.31. The van der Waals surface area contributed by atoms with Crippen molar-refractivity contribution in [1.82, 2.24) is 10.6 Å². The molecule has 2 amide bonds. The molecule has 0 fully saturated rings. The summed E-state index contributed by atoms with van der Waals surface area (Å²) in [6.45, 7) is 1.93. The quantitative estimate of drug-likeness (QED) is 0.763. The van der Waals surface area contributed by atoms with Crippen LogP contribution in [0.4, 0.5) is 4.79 Å². The Bertz CT molecular complexity index is 882. The molecular formula is C19H16Cl2N2O3. The molecule has 5 nitrogen and oxygen atoms in total. The van der Waals surface area contributed by atoms with E-state index < -0.39 is 18.0 Å². The SMILES string of the molecule is CCOC(=O)C1=C(c2ccccc2)NC(=O)N[C@H]1c1ccc(Cl)cc1Cl. The molecule has 2 aromatic rings. The number of ether oxygens (including phenoxy) is 1.